The van der Waals surface area contributed by atoms with Crippen LogP contribution in [0.2, 0.25) is 0 Å². The van der Waals surface area contributed by atoms with E-state index >= 15 is 0 Å². The first-order chi connectivity index (χ1) is 4.79. The highest BCUT2D eigenvalue weighted by atomic mass is 15.1. The number of allylic oxidation sites excluding steroid dienone is 1. The third-order valence-electron chi connectivity index (χ3n) is 1.51. The summed E-state index contributed by atoms with van der Waals surface area (Å²) < 4.78 is 0. The van der Waals surface area contributed by atoms with Gasteiger partial charge in [0.2, 0.25) is 0 Å². The Morgan fingerprint density at radius 3 is 2.80 bits per heavy atom. The molecule has 0 fully saturated rings. The summed E-state index contributed by atoms with van der Waals surface area (Å²) in [5, 5.41) is 0. The normalized spacial score (nSPS) is 18.1. The smallest absolute Gasteiger partial charge is 0.0254 e. The van der Waals surface area contributed by atoms with E-state index in [9.17, 15) is 0 Å². The predicted molar refractivity (Wildman–Crippen MR) is 44.4 cm³/mol. The molecule has 1 heteroatoms. The van der Waals surface area contributed by atoms with E-state index in [0.29, 0.717) is 5.92 Å². The highest BCUT2D eigenvalue weighted by molar-refractivity contribution is 4.98. The SMILES string of the molecule is CC(C)C=CN1C=CCC1. The maximum absolute atomic E-state index is 2.22. The first-order valence-corrected chi connectivity index (χ1v) is 3.90. The van der Waals surface area contributed by atoms with Crippen molar-refractivity contribution in [3.05, 3.63) is 24.6 Å². The van der Waals surface area contributed by atoms with E-state index in [2.05, 4.69) is 43.3 Å². The van der Waals surface area contributed by atoms with Crippen molar-refractivity contribution < 1.29 is 0 Å². The summed E-state index contributed by atoms with van der Waals surface area (Å²) >= 11 is 0. The van der Waals surface area contributed by atoms with Crippen LogP contribution in [0.4, 0.5) is 0 Å². The second-order valence-corrected chi connectivity index (χ2v) is 3.00. The first-order valence-electron chi connectivity index (χ1n) is 3.90. The number of nitrogens with zero attached hydrogens (tertiary/aromatic N) is 1. The van der Waals surface area contributed by atoms with Gasteiger partial charge in [0.25, 0.3) is 0 Å². The molecule has 1 aliphatic rings. The van der Waals surface area contributed by atoms with Crippen molar-refractivity contribution in [3.8, 4) is 0 Å². The van der Waals surface area contributed by atoms with Gasteiger partial charge in [-0.3, -0.25) is 0 Å². The molecule has 0 aromatic heterocycles. The Morgan fingerprint density at radius 1 is 1.50 bits per heavy atom. The van der Waals surface area contributed by atoms with Crippen molar-refractivity contribution in [3.63, 3.8) is 0 Å². The van der Waals surface area contributed by atoms with Crippen molar-refractivity contribution >= 4 is 0 Å². The molecule has 0 saturated carbocycles. The average Bonchev–Trinajstić information content (AvgIpc) is 2.34. The van der Waals surface area contributed by atoms with Crippen LogP contribution in [0.25, 0.3) is 0 Å². The minimum atomic E-state index is 0.661. The maximum atomic E-state index is 2.22. The lowest BCUT2D eigenvalue weighted by Gasteiger charge is -2.08. The largest absolute Gasteiger partial charge is 0.355 e. The lowest BCUT2D eigenvalue weighted by molar-refractivity contribution is 0.543. The van der Waals surface area contributed by atoms with Gasteiger partial charge in [-0.1, -0.05) is 26.0 Å². The second-order valence-electron chi connectivity index (χ2n) is 3.00. The molecule has 0 spiro atoms. The van der Waals surface area contributed by atoms with Crippen LogP contribution in [0.1, 0.15) is 20.3 Å². The molecule has 10 heavy (non-hydrogen) atoms. The van der Waals surface area contributed by atoms with Crippen LogP contribution in [-0.2, 0) is 0 Å². The van der Waals surface area contributed by atoms with Crippen molar-refractivity contribution in [1.82, 2.24) is 4.90 Å². The summed E-state index contributed by atoms with van der Waals surface area (Å²) in [6.07, 6.45) is 9.91. The topological polar surface area (TPSA) is 3.24 Å². The van der Waals surface area contributed by atoms with Crippen LogP contribution < -0.4 is 0 Å². The van der Waals surface area contributed by atoms with Crippen molar-refractivity contribution in [2.24, 2.45) is 5.92 Å². The molecule has 1 heterocycles. The second kappa shape index (κ2) is 3.45. The minimum Gasteiger partial charge on any atom is -0.355 e. The standard InChI is InChI=1S/C9H15N/c1-9(2)5-8-10-6-3-4-7-10/h3,5-6,8-9H,4,7H2,1-2H3. The van der Waals surface area contributed by atoms with E-state index in [1.165, 1.54) is 6.42 Å². The summed E-state index contributed by atoms with van der Waals surface area (Å²) in [6, 6.07) is 0. The lowest BCUT2D eigenvalue weighted by atomic mass is 10.2. The molecule has 0 aromatic carbocycles. The van der Waals surface area contributed by atoms with Crippen molar-refractivity contribution in [2.45, 2.75) is 20.3 Å². The van der Waals surface area contributed by atoms with Crippen molar-refractivity contribution in [1.29, 1.82) is 0 Å². The third-order valence-corrected chi connectivity index (χ3v) is 1.51. The number of hydrogen-bond donors (Lipinski definition) is 0. The van der Waals surface area contributed by atoms with E-state index < -0.39 is 0 Å². The Hall–Kier alpha value is -0.720. The Balaban J connectivity index is 2.30. The third kappa shape index (κ3) is 2.26. The molecule has 0 N–H and O–H groups in total. The molecular formula is C9H15N. The molecule has 0 amide bonds. The Morgan fingerprint density at radius 2 is 2.30 bits per heavy atom. The summed E-state index contributed by atoms with van der Waals surface area (Å²) in [4.78, 5) is 2.22. The molecule has 0 radical (unpaired) electrons. The molecule has 0 aliphatic carbocycles. The Kier molecular flexibility index (Phi) is 2.55. The Bertz CT molecular complexity index is 145. The lowest BCUT2D eigenvalue weighted by Crippen LogP contribution is -2.04. The molecular weight excluding hydrogens is 122 g/mol. The van der Waals surface area contributed by atoms with Crippen LogP contribution in [0.15, 0.2) is 24.6 Å². The zero-order chi connectivity index (χ0) is 7.40. The van der Waals surface area contributed by atoms with E-state index in [1.54, 1.807) is 0 Å². The van der Waals surface area contributed by atoms with E-state index in [1.807, 2.05) is 0 Å². The molecule has 56 valence electrons. The molecule has 0 aromatic rings. The van der Waals surface area contributed by atoms with Gasteiger partial charge >= 0.3 is 0 Å². The van der Waals surface area contributed by atoms with Crippen LogP contribution in [0.5, 0.6) is 0 Å². The van der Waals surface area contributed by atoms with Crippen LogP contribution in [-0.4, -0.2) is 11.4 Å². The number of rotatable bonds is 2. The highest BCUT2D eigenvalue weighted by Gasteiger charge is 1.98. The van der Waals surface area contributed by atoms with Crippen molar-refractivity contribution in [2.75, 3.05) is 6.54 Å². The molecule has 1 rings (SSSR count). The van der Waals surface area contributed by atoms with Gasteiger partial charge in [0.15, 0.2) is 0 Å². The molecule has 1 aliphatic heterocycles. The molecule has 0 bridgehead atoms. The molecule has 0 unspecified atom stereocenters. The quantitative estimate of drug-likeness (QED) is 0.564. The Labute approximate surface area is 63.0 Å². The average molecular weight is 137 g/mol. The van der Waals surface area contributed by atoms with Gasteiger partial charge in [-0.05, 0) is 24.7 Å². The van der Waals surface area contributed by atoms with Gasteiger partial charge in [-0.25, -0.2) is 0 Å². The highest BCUT2D eigenvalue weighted by Crippen LogP contribution is 2.05. The predicted octanol–water partition coefficient (Wildman–Crippen LogP) is 2.38. The number of hydrogen-bond acceptors (Lipinski definition) is 1. The van der Waals surface area contributed by atoms with Crippen LogP contribution in [0, 0.1) is 5.92 Å². The van der Waals surface area contributed by atoms with Gasteiger partial charge in [0.05, 0.1) is 0 Å². The van der Waals surface area contributed by atoms with E-state index in [-0.39, 0.29) is 0 Å². The van der Waals surface area contributed by atoms with Crippen LogP contribution >= 0.6 is 0 Å². The van der Waals surface area contributed by atoms with Gasteiger partial charge in [0.1, 0.15) is 0 Å². The molecule has 0 atom stereocenters. The van der Waals surface area contributed by atoms with Crippen LogP contribution in [0.3, 0.4) is 0 Å². The van der Waals surface area contributed by atoms with E-state index in [4.69, 9.17) is 0 Å². The minimum absolute atomic E-state index is 0.661. The fourth-order valence-corrected chi connectivity index (χ4v) is 0.915. The van der Waals surface area contributed by atoms with E-state index in [0.717, 1.165) is 6.54 Å². The summed E-state index contributed by atoms with van der Waals surface area (Å²) in [5.41, 5.74) is 0. The van der Waals surface area contributed by atoms with Gasteiger partial charge in [-0.2, -0.15) is 0 Å². The summed E-state index contributed by atoms with van der Waals surface area (Å²) in [7, 11) is 0. The van der Waals surface area contributed by atoms with Gasteiger partial charge in [0, 0.05) is 6.54 Å². The zero-order valence-corrected chi connectivity index (χ0v) is 6.75. The maximum Gasteiger partial charge on any atom is 0.0254 e. The molecule has 0 saturated heterocycles. The monoisotopic (exact) mass is 137 g/mol. The zero-order valence-electron chi connectivity index (χ0n) is 6.75. The molecule has 1 nitrogen and oxygen atoms in total. The summed E-state index contributed by atoms with van der Waals surface area (Å²) in [6.45, 7) is 5.54. The fraction of sp³-hybridized carbons (Fsp3) is 0.556. The van der Waals surface area contributed by atoms with Gasteiger partial charge < -0.3 is 4.90 Å². The summed E-state index contributed by atoms with van der Waals surface area (Å²) in [5.74, 6) is 0.661. The van der Waals surface area contributed by atoms with Gasteiger partial charge in [-0.15, -0.1) is 0 Å². The first kappa shape index (κ1) is 7.39. The fourth-order valence-electron chi connectivity index (χ4n) is 0.915.